The third kappa shape index (κ3) is 5.42. The van der Waals surface area contributed by atoms with E-state index in [1.54, 1.807) is 0 Å². The molecule has 0 aromatic heterocycles. The van der Waals surface area contributed by atoms with Gasteiger partial charge in [0.2, 0.25) is 5.91 Å². The first-order valence-electron chi connectivity index (χ1n) is 10.2. The zero-order chi connectivity index (χ0) is 20.0. The number of rotatable bonds is 7. The Labute approximate surface area is 175 Å². The van der Waals surface area contributed by atoms with E-state index in [1.165, 1.54) is 17.4 Å². The summed E-state index contributed by atoms with van der Waals surface area (Å²) < 4.78 is 1.01. The van der Waals surface area contributed by atoms with Crippen molar-refractivity contribution in [2.45, 2.75) is 53.5 Å². The van der Waals surface area contributed by atoms with Crippen LogP contribution in [-0.4, -0.2) is 53.2 Å². The average molecular weight is 409 g/mol. The highest BCUT2D eigenvalue weighted by molar-refractivity contribution is 6.10. The van der Waals surface area contributed by atoms with Crippen LogP contribution in [0.3, 0.4) is 0 Å². The largest absolute Gasteiger partial charge is 1.00 e. The van der Waals surface area contributed by atoms with Crippen LogP contribution in [0.2, 0.25) is 0 Å². The van der Waals surface area contributed by atoms with Crippen LogP contribution in [0.15, 0.2) is 24.3 Å². The lowest BCUT2D eigenvalue weighted by Gasteiger charge is -2.36. The molecule has 6 heteroatoms. The van der Waals surface area contributed by atoms with Gasteiger partial charge in [-0.05, 0) is 52.7 Å². The van der Waals surface area contributed by atoms with Gasteiger partial charge in [0.15, 0.2) is 0 Å². The first-order valence-corrected chi connectivity index (χ1v) is 10.2. The van der Waals surface area contributed by atoms with Gasteiger partial charge in [-0.1, -0.05) is 18.6 Å². The van der Waals surface area contributed by atoms with Crippen LogP contribution in [-0.2, 0) is 16.1 Å². The van der Waals surface area contributed by atoms with Gasteiger partial charge in [0.05, 0.1) is 25.6 Å². The normalized spacial score (nSPS) is 17.6. The van der Waals surface area contributed by atoms with Crippen LogP contribution in [0.5, 0.6) is 0 Å². The molecular weight excluding hydrogens is 376 g/mol. The summed E-state index contributed by atoms with van der Waals surface area (Å²) in [5, 5.41) is 0. The predicted molar refractivity (Wildman–Crippen MR) is 106 cm³/mol. The molecule has 0 N–H and O–H groups in total. The van der Waals surface area contributed by atoms with Gasteiger partial charge in [-0.25, -0.2) is 0 Å². The lowest BCUT2D eigenvalue weighted by Crippen LogP contribution is -3.00. The number of nitrogens with zero attached hydrogens (tertiary/aromatic N) is 2. The minimum Gasteiger partial charge on any atom is -1.00 e. The van der Waals surface area contributed by atoms with Crippen LogP contribution in [0.1, 0.15) is 62.9 Å². The first kappa shape index (κ1) is 24.3. The molecule has 0 spiro atoms. The number of imide groups is 1. The van der Waals surface area contributed by atoms with Crippen molar-refractivity contribution >= 4 is 17.6 Å². The lowest BCUT2D eigenvalue weighted by molar-refractivity contribution is -0.936. The number of likely N-dealkylation sites (tertiary alicyclic amines) is 1. The van der Waals surface area contributed by atoms with Crippen molar-refractivity contribution in [3.8, 4) is 0 Å². The van der Waals surface area contributed by atoms with E-state index in [0.29, 0.717) is 18.5 Å². The zero-order valence-electron chi connectivity index (χ0n) is 17.5. The quantitative estimate of drug-likeness (QED) is 0.373. The van der Waals surface area contributed by atoms with Crippen molar-refractivity contribution in [1.29, 1.82) is 0 Å². The molecule has 1 unspecified atom stereocenters. The first-order chi connectivity index (χ1) is 12.9. The van der Waals surface area contributed by atoms with Gasteiger partial charge >= 0.3 is 0 Å². The standard InChI is InChI=1S/C22H33N2O3.ClH/c1-5-24(6-2,7-3)16-18-11-13-19(14-12-18)21(26)23-15-9-8-10-20(17(4)25)22(23)27;/h11-14,20H,5-10,15-16H2,1-4H3;1H/q+1;/p-1. The highest BCUT2D eigenvalue weighted by atomic mass is 35.5. The van der Waals surface area contributed by atoms with E-state index in [1.807, 2.05) is 24.3 Å². The summed E-state index contributed by atoms with van der Waals surface area (Å²) in [6.07, 6.45) is 2.09. The van der Waals surface area contributed by atoms with E-state index in [0.717, 1.165) is 43.5 Å². The molecular formula is C22H33ClN2O3. The van der Waals surface area contributed by atoms with Gasteiger partial charge in [0, 0.05) is 17.7 Å². The maximum absolute atomic E-state index is 12.9. The van der Waals surface area contributed by atoms with Gasteiger partial charge in [-0.15, -0.1) is 0 Å². The van der Waals surface area contributed by atoms with Crippen molar-refractivity contribution in [2.75, 3.05) is 26.2 Å². The minimum absolute atomic E-state index is 0. The average Bonchev–Trinajstić information content (AvgIpc) is 2.88. The van der Waals surface area contributed by atoms with Crippen molar-refractivity contribution < 1.29 is 31.3 Å². The molecule has 1 saturated heterocycles. The fourth-order valence-corrected chi connectivity index (χ4v) is 3.92. The minimum atomic E-state index is -0.674. The van der Waals surface area contributed by atoms with E-state index in [4.69, 9.17) is 0 Å². The number of ketones is 1. The molecule has 5 nitrogen and oxygen atoms in total. The Morgan fingerprint density at radius 3 is 2.11 bits per heavy atom. The topological polar surface area (TPSA) is 54.5 Å². The van der Waals surface area contributed by atoms with Crippen LogP contribution in [0, 0.1) is 5.92 Å². The fraction of sp³-hybridized carbons (Fsp3) is 0.591. The molecule has 0 radical (unpaired) electrons. The molecule has 156 valence electrons. The van der Waals surface area contributed by atoms with E-state index < -0.39 is 5.92 Å². The summed E-state index contributed by atoms with van der Waals surface area (Å²) in [6.45, 7) is 12.6. The number of quaternary nitrogens is 1. The summed E-state index contributed by atoms with van der Waals surface area (Å²) >= 11 is 0. The van der Waals surface area contributed by atoms with Gasteiger partial charge in [-0.3, -0.25) is 19.3 Å². The number of halogens is 1. The number of carbonyl (C=O) groups excluding carboxylic acids is 3. The number of hydrogen-bond acceptors (Lipinski definition) is 3. The SMILES string of the molecule is CC[N+](CC)(CC)Cc1ccc(C(=O)N2CCCCC(C(C)=O)C2=O)cc1.[Cl-]. The van der Waals surface area contributed by atoms with Crippen LogP contribution in [0.25, 0.3) is 0 Å². The lowest BCUT2D eigenvalue weighted by atomic mass is 9.98. The van der Waals surface area contributed by atoms with Gasteiger partial charge in [0.25, 0.3) is 5.91 Å². The highest BCUT2D eigenvalue weighted by Crippen LogP contribution is 2.21. The Kier molecular flexibility index (Phi) is 9.31. The molecule has 28 heavy (non-hydrogen) atoms. The monoisotopic (exact) mass is 408 g/mol. The fourth-order valence-electron chi connectivity index (χ4n) is 3.92. The van der Waals surface area contributed by atoms with Crippen LogP contribution < -0.4 is 12.4 Å². The van der Waals surface area contributed by atoms with Crippen LogP contribution in [0.4, 0.5) is 0 Å². The maximum atomic E-state index is 12.9. The maximum Gasteiger partial charge on any atom is 0.260 e. The smallest absolute Gasteiger partial charge is 0.260 e. The van der Waals surface area contributed by atoms with Crippen molar-refractivity contribution in [3.63, 3.8) is 0 Å². The molecule has 1 fully saturated rings. The second-order valence-electron chi connectivity index (χ2n) is 7.60. The van der Waals surface area contributed by atoms with Crippen molar-refractivity contribution in [1.82, 2.24) is 4.90 Å². The summed E-state index contributed by atoms with van der Waals surface area (Å²) in [4.78, 5) is 38.6. The van der Waals surface area contributed by atoms with Gasteiger partial charge in [0.1, 0.15) is 12.3 Å². The van der Waals surface area contributed by atoms with Gasteiger partial charge in [-0.2, -0.15) is 0 Å². The van der Waals surface area contributed by atoms with Crippen molar-refractivity contribution in [2.24, 2.45) is 5.92 Å². The number of hydrogen-bond donors (Lipinski definition) is 0. The molecule has 0 aliphatic carbocycles. The molecule has 0 bridgehead atoms. The van der Waals surface area contributed by atoms with E-state index >= 15 is 0 Å². The number of benzene rings is 1. The summed E-state index contributed by atoms with van der Waals surface area (Å²) in [5.74, 6) is -1.45. The molecule has 0 saturated carbocycles. The van der Waals surface area contributed by atoms with Gasteiger partial charge < -0.3 is 16.9 Å². The Morgan fingerprint density at radius 2 is 1.61 bits per heavy atom. The molecule has 2 amide bonds. The Hall–Kier alpha value is -1.72. The number of amides is 2. The number of carbonyl (C=O) groups is 3. The molecule has 1 aromatic rings. The summed E-state index contributed by atoms with van der Waals surface area (Å²) in [7, 11) is 0. The van der Waals surface area contributed by atoms with Crippen molar-refractivity contribution in [3.05, 3.63) is 35.4 Å². The van der Waals surface area contributed by atoms with E-state index in [-0.39, 0.29) is 30.0 Å². The third-order valence-electron chi connectivity index (χ3n) is 6.16. The van der Waals surface area contributed by atoms with E-state index in [2.05, 4.69) is 20.8 Å². The Bertz CT molecular complexity index is 675. The second-order valence-corrected chi connectivity index (χ2v) is 7.60. The zero-order valence-corrected chi connectivity index (χ0v) is 18.3. The Balaban J connectivity index is 0.00000392. The summed E-state index contributed by atoms with van der Waals surface area (Å²) in [5.41, 5.74) is 1.71. The molecule has 1 aliphatic heterocycles. The predicted octanol–water partition coefficient (Wildman–Crippen LogP) is 0.425. The third-order valence-corrected chi connectivity index (χ3v) is 6.16. The molecule has 1 aliphatic rings. The highest BCUT2D eigenvalue weighted by Gasteiger charge is 2.34. The van der Waals surface area contributed by atoms with E-state index in [9.17, 15) is 14.4 Å². The Morgan fingerprint density at radius 1 is 1.04 bits per heavy atom. The molecule has 1 atom stereocenters. The molecule has 2 rings (SSSR count). The molecule has 1 aromatic carbocycles. The summed E-state index contributed by atoms with van der Waals surface area (Å²) in [6, 6.07) is 7.61. The second kappa shape index (κ2) is 10.7. The number of Topliss-reactive ketones (excluding diaryl/α,β-unsaturated/α-hetero) is 1. The molecule has 1 heterocycles. The van der Waals surface area contributed by atoms with Crippen LogP contribution >= 0.6 is 0 Å².